The third-order valence-corrected chi connectivity index (χ3v) is 3.98. The fourth-order valence-electron chi connectivity index (χ4n) is 2.33. The Morgan fingerprint density at radius 3 is 2.27 bits per heavy atom. The minimum absolute atomic E-state index is 0.00630. The van der Waals surface area contributed by atoms with E-state index >= 15 is 0 Å². The monoisotopic (exact) mass is 355 g/mol. The summed E-state index contributed by atoms with van der Waals surface area (Å²) >= 11 is 0. The quantitative estimate of drug-likeness (QED) is 0.817. The molecule has 0 saturated carbocycles. The highest BCUT2D eigenvalue weighted by Gasteiger charge is 2.20. The highest BCUT2D eigenvalue weighted by Crippen LogP contribution is 2.22. The average Bonchev–Trinajstić information content (AvgIpc) is 2.61. The molecule has 5 nitrogen and oxygen atoms in total. The van der Waals surface area contributed by atoms with Crippen molar-refractivity contribution < 1.29 is 19.1 Å². The Labute approximate surface area is 154 Å². The number of ether oxygens (including phenoxy) is 2. The van der Waals surface area contributed by atoms with Gasteiger partial charge in [-0.05, 0) is 42.2 Å². The third-order valence-electron chi connectivity index (χ3n) is 3.98. The van der Waals surface area contributed by atoms with Gasteiger partial charge in [0.15, 0.2) is 6.10 Å². The third kappa shape index (κ3) is 5.09. The van der Waals surface area contributed by atoms with Gasteiger partial charge in [0.1, 0.15) is 5.75 Å². The Morgan fingerprint density at radius 1 is 1.04 bits per heavy atom. The van der Waals surface area contributed by atoms with E-state index in [-0.39, 0.29) is 5.41 Å². The SMILES string of the molecule is COc1cccc(NC(=O)[C@H](C)OC(=O)c2ccc(C(C)(C)C)cc2)c1. The van der Waals surface area contributed by atoms with E-state index < -0.39 is 18.0 Å². The van der Waals surface area contributed by atoms with Gasteiger partial charge in [-0.2, -0.15) is 0 Å². The molecule has 0 aromatic heterocycles. The van der Waals surface area contributed by atoms with E-state index in [9.17, 15) is 9.59 Å². The van der Waals surface area contributed by atoms with Crippen LogP contribution in [0, 0.1) is 0 Å². The van der Waals surface area contributed by atoms with E-state index in [1.807, 2.05) is 12.1 Å². The minimum atomic E-state index is -0.920. The predicted molar refractivity (Wildman–Crippen MR) is 102 cm³/mol. The van der Waals surface area contributed by atoms with Crippen LogP contribution in [0.25, 0.3) is 0 Å². The fourth-order valence-corrected chi connectivity index (χ4v) is 2.33. The molecule has 0 bridgehead atoms. The van der Waals surface area contributed by atoms with Gasteiger partial charge < -0.3 is 14.8 Å². The number of methoxy groups -OCH3 is 1. The number of carbonyl (C=O) groups is 2. The second-order valence-corrected chi connectivity index (χ2v) is 7.10. The molecule has 1 amide bonds. The van der Waals surface area contributed by atoms with Gasteiger partial charge >= 0.3 is 5.97 Å². The second-order valence-electron chi connectivity index (χ2n) is 7.10. The van der Waals surface area contributed by atoms with E-state index in [1.54, 1.807) is 43.5 Å². The van der Waals surface area contributed by atoms with Crippen LogP contribution in [0.15, 0.2) is 48.5 Å². The van der Waals surface area contributed by atoms with Crippen LogP contribution in [-0.4, -0.2) is 25.1 Å². The Hall–Kier alpha value is -2.82. The number of rotatable bonds is 5. The highest BCUT2D eigenvalue weighted by molar-refractivity contribution is 5.97. The van der Waals surface area contributed by atoms with Crippen molar-refractivity contribution in [2.45, 2.75) is 39.2 Å². The lowest BCUT2D eigenvalue weighted by Gasteiger charge is -2.19. The van der Waals surface area contributed by atoms with Gasteiger partial charge in [0.25, 0.3) is 5.91 Å². The van der Waals surface area contributed by atoms with Gasteiger partial charge in [-0.1, -0.05) is 39.0 Å². The molecule has 0 aliphatic rings. The standard InChI is InChI=1S/C21H25NO4/c1-14(19(23)22-17-7-6-8-18(13-17)25-5)26-20(24)15-9-11-16(12-10-15)21(2,3)4/h6-14H,1-5H3,(H,22,23)/t14-/m0/s1. The zero-order valence-corrected chi connectivity index (χ0v) is 15.8. The molecule has 0 heterocycles. The van der Waals surface area contributed by atoms with Crippen molar-refractivity contribution in [2.75, 3.05) is 12.4 Å². The molecule has 2 aromatic rings. The molecule has 0 radical (unpaired) electrons. The van der Waals surface area contributed by atoms with E-state index in [4.69, 9.17) is 9.47 Å². The van der Waals surface area contributed by atoms with Crippen molar-refractivity contribution in [3.8, 4) is 5.75 Å². The topological polar surface area (TPSA) is 64.6 Å². The van der Waals surface area contributed by atoms with E-state index in [2.05, 4.69) is 26.1 Å². The molecule has 0 aliphatic heterocycles. The van der Waals surface area contributed by atoms with Crippen LogP contribution in [0.5, 0.6) is 5.75 Å². The number of amides is 1. The second kappa shape index (κ2) is 8.04. The molecule has 1 N–H and O–H groups in total. The lowest BCUT2D eigenvalue weighted by atomic mass is 9.87. The van der Waals surface area contributed by atoms with Crippen LogP contribution in [0.3, 0.4) is 0 Å². The molecule has 0 aliphatic carbocycles. The van der Waals surface area contributed by atoms with Gasteiger partial charge in [-0.15, -0.1) is 0 Å². The Balaban J connectivity index is 1.98. The van der Waals surface area contributed by atoms with Crippen LogP contribution in [-0.2, 0) is 14.9 Å². The van der Waals surface area contributed by atoms with Crippen LogP contribution in [0.1, 0.15) is 43.6 Å². The minimum Gasteiger partial charge on any atom is -0.497 e. The first kappa shape index (κ1) is 19.5. The summed E-state index contributed by atoms with van der Waals surface area (Å²) in [6.07, 6.45) is -0.920. The van der Waals surface area contributed by atoms with E-state index in [0.29, 0.717) is 17.0 Å². The Bertz CT molecular complexity index is 775. The van der Waals surface area contributed by atoms with Gasteiger partial charge in [0.05, 0.1) is 12.7 Å². The van der Waals surface area contributed by atoms with Crippen LogP contribution >= 0.6 is 0 Å². The lowest BCUT2D eigenvalue weighted by Crippen LogP contribution is -2.30. The number of hydrogen-bond acceptors (Lipinski definition) is 4. The maximum absolute atomic E-state index is 12.3. The van der Waals surface area contributed by atoms with Gasteiger partial charge in [0, 0.05) is 11.8 Å². The van der Waals surface area contributed by atoms with E-state index in [0.717, 1.165) is 5.56 Å². The van der Waals surface area contributed by atoms with Crippen LogP contribution < -0.4 is 10.1 Å². The molecule has 2 aromatic carbocycles. The first-order valence-electron chi connectivity index (χ1n) is 8.47. The summed E-state index contributed by atoms with van der Waals surface area (Å²) in [6, 6.07) is 14.2. The van der Waals surface area contributed by atoms with Crippen molar-refractivity contribution in [1.29, 1.82) is 0 Å². The van der Waals surface area contributed by atoms with Gasteiger partial charge in [0.2, 0.25) is 0 Å². The largest absolute Gasteiger partial charge is 0.497 e. The number of carbonyl (C=O) groups excluding carboxylic acids is 2. The zero-order chi connectivity index (χ0) is 19.3. The normalized spacial score (nSPS) is 12.2. The van der Waals surface area contributed by atoms with Crippen molar-refractivity contribution >= 4 is 17.6 Å². The molecule has 0 saturated heterocycles. The van der Waals surface area contributed by atoms with Crippen LogP contribution in [0.4, 0.5) is 5.69 Å². The smallest absolute Gasteiger partial charge is 0.338 e. The maximum atomic E-state index is 12.3. The molecule has 138 valence electrons. The van der Waals surface area contributed by atoms with Crippen molar-refractivity contribution in [2.24, 2.45) is 0 Å². The fraction of sp³-hybridized carbons (Fsp3) is 0.333. The highest BCUT2D eigenvalue weighted by atomic mass is 16.5. The van der Waals surface area contributed by atoms with Crippen molar-refractivity contribution in [1.82, 2.24) is 0 Å². The van der Waals surface area contributed by atoms with Gasteiger partial charge in [-0.3, -0.25) is 4.79 Å². The molecule has 26 heavy (non-hydrogen) atoms. The Morgan fingerprint density at radius 2 is 1.69 bits per heavy atom. The maximum Gasteiger partial charge on any atom is 0.338 e. The summed E-state index contributed by atoms with van der Waals surface area (Å²) < 4.78 is 10.4. The Kier molecular flexibility index (Phi) is 6.03. The first-order valence-corrected chi connectivity index (χ1v) is 8.47. The number of hydrogen-bond donors (Lipinski definition) is 1. The molecule has 1 atom stereocenters. The van der Waals surface area contributed by atoms with E-state index in [1.165, 1.54) is 6.92 Å². The van der Waals surface area contributed by atoms with Crippen LogP contribution in [0.2, 0.25) is 0 Å². The molecule has 0 spiro atoms. The van der Waals surface area contributed by atoms with Gasteiger partial charge in [-0.25, -0.2) is 4.79 Å². The molecule has 5 heteroatoms. The summed E-state index contributed by atoms with van der Waals surface area (Å²) in [4.78, 5) is 24.5. The summed E-state index contributed by atoms with van der Waals surface area (Å²) in [6.45, 7) is 7.85. The molecular formula is C21H25NO4. The zero-order valence-electron chi connectivity index (χ0n) is 15.8. The van der Waals surface area contributed by atoms with Crippen molar-refractivity contribution in [3.05, 3.63) is 59.7 Å². The first-order chi connectivity index (χ1) is 12.2. The number of esters is 1. The summed E-state index contributed by atoms with van der Waals surface area (Å²) in [5, 5.41) is 2.71. The molecular weight excluding hydrogens is 330 g/mol. The lowest BCUT2D eigenvalue weighted by molar-refractivity contribution is -0.123. The number of anilines is 1. The molecule has 0 fully saturated rings. The summed E-state index contributed by atoms with van der Waals surface area (Å²) in [5.74, 6) is -0.303. The summed E-state index contributed by atoms with van der Waals surface area (Å²) in [5.41, 5.74) is 2.12. The number of nitrogens with one attached hydrogen (secondary N) is 1. The molecule has 0 unspecified atom stereocenters. The predicted octanol–water partition coefficient (Wildman–Crippen LogP) is 4.18. The number of benzene rings is 2. The van der Waals surface area contributed by atoms with Crippen molar-refractivity contribution in [3.63, 3.8) is 0 Å². The average molecular weight is 355 g/mol. The molecule has 2 rings (SSSR count). The summed E-state index contributed by atoms with van der Waals surface area (Å²) in [7, 11) is 1.55.